The molecule has 0 amide bonds. The smallest absolute Gasteiger partial charge is 0.336 e. The van der Waals surface area contributed by atoms with Gasteiger partial charge in [-0.2, -0.15) is 0 Å². The van der Waals surface area contributed by atoms with Gasteiger partial charge in [-0.1, -0.05) is 0 Å². The zero-order valence-electron chi connectivity index (χ0n) is 15.6. The van der Waals surface area contributed by atoms with Gasteiger partial charge in [-0.25, -0.2) is 4.79 Å². The Morgan fingerprint density at radius 1 is 1.23 bits per heavy atom. The standard InChI is InChI=1S/C19H20O11/c1-7-4-13(22)29-12-5-8(2-3-9(7)12)28-19-11(21)6-10(20)17(30-19)15(24)14(23)16(25)18(26)27/h2-5,10,14-17,19-20,23-25H,6H2,1H3,(H,26,27)/p-1. The van der Waals surface area contributed by atoms with Crippen molar-refractivity contribution in [3.63, 3.8) is 0 Å². The second-order valence-electron chi connectivity index (χ2n) is 6.94. The summed E-state index contributed by atoms with van der Waals surface area (Å²) < 4.78 is 15.8. The molecule has 0 radical (unpaired) electrons. The lowest BCUT2D eigenvalue weighted by atomic mass is 9.94. The van der Waals surface area contributed by atoms with Crippen LogP contribution >= 0.6 is 0 Å². The van der Waals surface area contributed by atoms with Crippen LogP contribution in [0.4, 0.5) is 0 Å². The van der Waals surface area contributed by atoms with Gasteiger partial charge in [0.25, 0.3) is 6.29 Å². The monoisotopic (exact) mass is 423 g/mol. The molecule has 2 aromatic rings. The summed E-state index contributed by atoms with van der Waals surface area (Å²) in [6.07, 6.45) is -12.1. The summed E-state index contributed by atoms with van der Waals surface area (Å²) in [4.78, 5) is 34.4. The van der Waals surface area contributed by atoms with E-state index in [1.165, 1.54) is 18.2 Å². The number of aryl methyl sites for hydroxylation is 1. The minimum atomic E-state index is -2.44. The summed E-state index contributed by atoms with van der Waals surface area (Å²) in [5.41, 5.74) is 0.295. The third-order valence-corrected chi connectivity index (χ3v) is 4.75. The van der Waals surface area contributed by atoms with Gasteiger partial charge >= 0.3 is 5.63 Å². The van der Waals surface area contributed by atoms with Crippen molar-refractivity contribution < 1.29 is 49.0 Å². The number of benzene rings is 1. The summed E-state index contributed by atoms with van der Waals surface area (Å²) in [6.45, 7) is 1.72. The van der Waals surface area contributed by atoms with Crippen LogP contribution in [-0.4, -0.2) is 69.0 Å². The number of ketones is 1. The Morgan fingerprint density at radius 2 is 1.93 bits per heavy atom. The number of hydrogen-bond donors (Lipinski definition) is 4. The summed E-state index contributed by atoms with van der Waals surface area (Å²) in [6, 6.07) is 5.75. The molecule has 0 spiro atoms. The Balaban J connectivity index is 1.80. The van der Waals surface area contributed by atoms with Gasteiger partial charge in [-0.05, 0) is 24.6 Å². The van der Waals surface area contributed by atoms with E-state index in [1.54, 1.807) is 13.0 Å². The van der Waals surface area contributed by atoms with Crippen LogP contribution in [0, 0.1) is 6.92 Å². The van der Waals surface area contributed by atoms with Crippen molar-refractivity contribution in [2.24, 2.45) is 0 Å². The number of aliphatic hydroxyl groups excluding tert-OH is 4. The van der Waals surface area contributed by atoms with Crippen molar-refractivity contribution in [2.45, 2.75) is 50.2 Å². The number of Topliss-reactive ketones (excluding diaryl/α,β-unsaturated/α-hetero) is 1. The molecule has 1 aromatic carbocycles. The van der Waals surface area contributed by atoms with Gasteiger partial charge in [-0.3, -0.25) is 4.79 Å². The maximum absolute atomic E-state index is 12.2. The number of hydrogen-bond acceptors (Lipinski definition) is 11. The number of aliphatic hydroxyl groups is 4. The van der Waals surface area contributed by atoms with Crippen LogP contribution < -0.4 is 15.5 Å². The molecule has 4 N–H and O–H groups in total. The van der Waals surface area contributed by atoms with Crippen LogP contribution in [0.5, 0.6) is 5.75 Å². The lowest BCUT2D eigenvalue weighted by molar-refractivity contribution is -0.321. The lowest BCUT2D eigenvalue weighted by Gasteiger charge is -2.37. The molecule has 1 saturated heterocycles. The molecular weight excluding hydrogens is 404 g/mol. The molecule has 1 aliphatic rings. The number of carboxylic acids is 1. The fraction of sp³-hybridized carbons (Fsp3) is 0.421. The van der Waals surface area contributed by atoms with Gasteiger partial charge in [0.15, 0.2) is 0 Å². The van der Waals surface area contributed by atoms with Crippen LogP contribution in [0.25, 0.3) is 11.0 Å². The van der Waals surface area contributed by atoms with Crippen LogP contribution in [0.2, 0.25) is 0 Å². The topological polar surface area (TPSA) is 187 Å². The average Bonchev–Trinajstić information content (AvgIpc) is 2.67. The highest BCUT2D eigenvalue weighted by atomic mass is 16.7. The number of aliphatic carboxylic acids is 1. The maximum Gasteiger partial charge on any atom is 0.336 e. The average molecular weight is 423 g/mol. The predicted octanol–water partition coefficient (Wildman–Crippen LogP) is -2.64. The Bertz CT molecular complexity index is 1010. The van der Waals surface area contributed by atoms with Crippen LogP contribution in [0.1, 0.15) is 12.0 Å². The van der Waals surface area contributed by atoms with E-state index in [1.807, 2.05) is 0 Å². The normalized spacial score (nSPS) is 25.0. The summed E-state index contributed by atoms with van der Waals surface area (Å²) in [5, 5.41) is 50.5. The molecule has 2 heterocycles. The predicted molar refractivity (Wildman–Crippen MR) is 95.2 cm³/mol. The van der Waals surface area contributed by atoms with Gasteiger partial charge < -0.3 is 44.2 Å². The first-order valence-electron chi connectivity index (χ1n) is 8.91. The molecule has 6 unspecified atom stereocenters. The van der Waals surface area contributed by atoms with Crippen LogP contribution in [-0.2, 0) is 14.3 Å². The number of carbonyl (C=O) groups is 2. The van der Waals surface area contributed by atoms with E-state index in [0.717, 1.165) is 0 Å². The van der Waals surface area contributed by atoms with Crippen molar-refractivity contribution in [3.8, 4) is 5.75 Å². The van der Waals surface area contributed by atoms with Gasteiger partial charge in [-0.15, -0.1) is 0 Å². The zero-order valence-corrected chi connectivity index (χ0v) is 15.6. The Kier molecular flexibility index (Phi) is 6.19. The van der Waals surface area contributed by atoms with Crippen LogP contribution in [0.15, 0.2) is 33.5 Å². The highest BCUT2D eigenvalue weighted by Crippen LogP contribution is 2.27. The van der Waals surface area contributed by atoms with E-state index in [-0.39, 0.29) is 11.3 Å². The molecular formula is C19H19O11-. The molecule has 1 fully saturated rings. The molecule has 1 aliphatic heterocycles. The lowest BCUT2D eigenvalue weighted by Crippen LogP contribution is -2.58. The van der Waals surface area contributed by atoms with E-state index in [4.69, 9.17) is 13.9 Å². The Labute approximate surface area is 168 Å². The molecule has 1 aromatic heterocycles. The van der Waals surface area contributed by atoms with Crippen molar-refractivity contribution in [1.29, 1.82) is 0 Å². The molecule has 6 atom stereocenters. The molecule has 3 rings (SSSR count). The van der Waals surface area contributed by atoms with Gasteiger partial charge in [0.05, 0.1) is 12.1 Å². The first kappa shape index (κ1) is 21.9. The Morgan fingerprint density at radius 3 is 2.60 bits per heavy atom. The number of ether oxygens (including phenoxy) is 2. The highest BCUT2D eigenvalue weighted by Gasteiger charge is 2.44. The minimum absolute atomic E-state index is 0.0783. The maximum atomic E-state index is 12.2. The second-order valence-corrected chi connectivity index (χ2v) is 6.94. The second kappa shape index (κ2) is 8.50. The van der Waals surface area contributed by atoms with Gasteiger partial charge in [0, 0.05) is 23.9 Å². The fourth-order valence-electron chi connectivity index (χ4n) is 3.15. The first-order valence-corrected chi connectivity index (χ1v) is 8.91. The summed E-state index contributed by atoms with van der Waals surface area (Å²) >= 11 is 0. The number of carboxylic acid groups (broad SMARTS) is 1. The SMILES string of the molecule is Cc1cc(=O)oc2cc(OC3OC(C(O)C(O)C(O)C(=O)[O-])C(O)CC3=O)ccc12. The fourth-order valence-corrected chi connectivity index (χ4v) is 3.15. The minimum Gasteiger partial charge on any atom is -0.547 e. The van der Waals surface area contributed by atoms with E-state index >= 15 is 0 Å². The highest BCUT2D eigenvalue weighted by molar-refractivity contribution is 5.84. The van der Waals surface area contributed by atoms with Crippen molar-refractivity contribution in [1.82, 2.24) is 0 Å². The van der Waals surface area contributed by atoms with E-state index in [9.17, 15) is 39.9 Å². The molecule has 11 nitrogen and oxygen atoms in total. The van der Waals surface area contributed by atoms with E-state index in [0.29, 0.717) is 10.9 Å². The van der Waals surface area contributed by atoms with Crippen molar-refractivity contribution in [2.75, 3.05) is 0 Å². The molecule has 162 valence electrons. The zero-order chi connectivity index (χ0) is 22.2. The molecule has 30 heavy (non-hydrogen) atoms. The Hall–Kier alpha value is -2.83. The van der Waals surface area contributed by atoms with E-state index < -0.39 is 60.6 Å². The summed E-state index contributed by atoms with van der Waals surface area (Å²) in [7, 11) is 0. The third-order valence-electron chi connectivity index (χ3n) is 4.75. The molecule has 0 saturated carbocycles. The van der Waals surface area contributed by atoms with E-state index in [2.05, 4.69) is 0 Å². The first-order chi connectivity index (χ1) is 14.1. The third kappa shape index (κ3) is 4.35. The number of fused-ring (bicyclic) bond motifs is 1. The van der Waals surface area contributed by atoms with Crippen molar-refractivity contribution >= 4 is 22.7 Å². The largest absolute Gasteiger partial charge is 0.547 e. The summed E-state index contributed by atoms with van der Waals surface area (Å²) in [5.74, 6) is -2.65. The molecule has 0 bridgehead atoms. The number of carbonyl (C=O) groups excluding carboxylic acids is 2. The van der Waals surface area contributed by atoms with Crippen molar-refractivity contribution in [3.05, 3.63) is 40.2 Å². The number of rotatable bonds is 6. The van der Waals surface area contributed by atoms with Gasteiger partial charge in [0.2, 0.25) is 5.78 Å². The molecule has 11 heteroatoms. The molecule has 0 aliphatic carbocycles. The van der Waals surface area contributed by atoms with Gasteiger partial charge in [0.1, 0.15) is 35.7 Å². The van der Waals surface area contributed by atoms with Crippen LogP contribution in [0.3, 0.4) is 0 Å². The quantitative estimate of drug-likeness (QED) is 0.356.